The van der Waals surface area contributed by atoms with Gasteiger partial charge in [-0.2, -0.15) is 0 Å². The maximum Gasteiger partial charge on any atom is 0.251 e. The lowest BCUT2D eigenvalue weighted by Crippen LogP contribution is -2.51. The van der Waals surface area contributed by atoms with E-state index in [0.29, 0.717) is 10.7 Å². The van der Waals surface area contributed by atoms with Gasteiger partial charge >= 0.3 is 0 Å². The maximum absolute atomic E-state index is 12.8. The Hall–Kier alpha value is -2.55. The van der Waals surface area contributed by atoms with Crippen molar-refractivity contribution in [3.05, 3.63) is 58.3 Å². The molecule has 3 aromatic rings. The minimum absolute atomic E-state index is 0.00592. The number of carbonyl (C=O) groups is 1. The summed E-state index contributed by atoms with van der Waals surface area (Å²) in [6.07, 6.45) is 3.53. The summed E-state index contributed by atoms with van der Waals surface area (Å²) in [7, 11) is 0. The Balaban J connectivity index is 1.32. The second kappa shape index (κ2) is 9.72. The molecule has 0 bridgehead atoms. The van der Waals surface area contributed by atoms with E-state index in [-0.39, 0.29) is 11.9 Å². The summed E-state index contributed by atoms with van der Waals surface area (Å²) in [5.74, 6) is 0.637. The molecule has 0 aliphatic carbocycles. The number of piperazine rings is 1. The van der Waals surface area contributed by atoms with Crippen molar-refractivity contribution in [3.8, 4) is 10.6 Å². The van der Waals surface area contributed by atoms with Crippen LogP contribution < -0.4 is 10.2 Å². The van der Waals surface area contributed by atoms with E-state index < -0.39 is 0 Å². The fourth-order valence-corrected chi connectivity index (χ4v) is 4.71. The first kappa shape index (κ1) is 21.7. The Morgan fingerprint density at radius 2 is 1.94 bits per heavy atom. The molecule has 4 heterocycles. The number of thiophene rings is 1. The molecule has 1 fully saturated rings. The lowest BCUT2D eigenvalue weighted by atomic mass is 10.1. The van der Waals surface area contributed by atoms with E-state index in [1.807, 2.05) is 26.0 Å². The van der Waals surface area contributed by atoms with Crippen LogP contribution in [0.25, 0.3) is 10.6 Å². The lowest BCUT2D eigenvalue weighted by Gasteiger charge is -2.35. The van der Waals surface area contributed by atoms with E-state index in [2.05, 4.69) is 35.4 Å². The number of carbonyl (C=O) groups excluding carboxylic acids is 1. The molecule has 9 heteroatoms. The minimum Gasteiger partial charge on any atom is -0.348 e. The number of amides is 1. The third kappa shape index (κ3) is 5.58. The lowest BCUT2D eigenvalue weighted by molar-refractivity contribution is 0.0928. The number of anilines is 1. The molecule has 1 amide bonds. The SMILES string of the molecule is Cc1csc(-c2cc(C(=O)NC(C)CN3CCN(c4ncccn4)CC3)cc(Cl)n2)c1. The van der Waals surface area contributed by atoms with Gasteiger partial charge in [0.15, 0.2) is 0 Å². The molecule has 0 spiro atoms. The highest BCUT2D eigenvalue weighted by atomic mass is 35.5. The quantitative estimate of drug-likeness (QED) is 0.572. The normalized spacial score (nSPS) is 15.6. The van der Waals surface area contributed by atoms with E-state index in [4.69, 9.17) is 11.6 Å². The van der Waals surface area contributed by atoms with Crippen LogP contribution >= 0.6 is 22.9 Å². The molecule has 1 aliphatic heterocycles. The first-order valence-electron chi connectivity index (χ1n) is 10.3. The molecule has 1 atom stereocenters. The molecule has 0 aromatic carbocycles. The maximum atomic E-state index is 12.8. The van der Waals surface area contributed by atoms with Gasteiger partial charge < -0.3 is 10.2 Å². The monoisotopic (exact) mass is 456 g/mol. The molecule has 1 N–H and O–H groups in total. The van der Waals surface area contributed by atoms with Crippen molar-refractivity contribution >= 4 is 34.8 Å². The van der Waals surface area contributed by atoms with E-state index in [1.54, 1.807) is 35.9 Å². The summed E-state index contributed by atoms with van der Waals surface area (Å²) in [4.78, 5) is 31.4. The Bertz CT molecular complexity index is 1040. The van der Waals surface area contributed by atoms with Gasteiger partial charge in [0.25, 0.3) is 5.91 Å². The number of hydrogen-bond donors (Lipinski definition) is 1. The number of aromatic nitrogens is 3. The van der Waals surface area contributed by atoms with Gasteiger partial charge in [0, 0.05) is 56.7 Å². The Morgan fingerprint density at radius 3 is 2.61 bits per heavy atom. The fourth-order valence-electron chi connectivity index (χ4n) is 3.64. The molecule has 1 unspecified atom stereocenters. The summed E-state index contributed by atoms with van der Waals surface area (Å²) < 4.78 is 0. The van der Waals surface area contributed by atoms with Gasteiger partial charge in [-0.1, -0.05) is 11.6 Å². The fraction of sp³-hybridized carbons (Fsp3) is 0.364. The highest BCUT2D eigenvalue weighted by Gasteiger charge is 2.21. The molecule has 1 saturated heterocycles. The van der Waals surface area contributed by atoms with Crippen LogP contribution in [-0.4, -0.2) is 64.5 Å². The Labute approximate surface area is 191 Å². The summed E-state index contributed by atoms with van der Waals surface area (Å²) in [5, 5.41) is 5.47. The van der Waals surface area contributed by atoms with Crippen LogP contribution in [0.15, 0.2) is 42.0 Å². The molecule has 4 rings (SSSR count). The number of aryl methyl sites for hydroxylation is 1. The summed E-state index contributed by atoms with van der Waals surface area (Å²) in [5.41, 5.74) is 2.42. The molecular formula is C22H25ClN6OS. The van der Waals surface area contributed by atoms with Crippen molar-refractivity contribution in [1.29, 1.82) is 0 Å². The van der Waals surface area contributed by atoms with Gasteiger partial charge in [-0.05, 0) is 49.1 Å². The van der Waals surface area contributed by atoms with Crippen molar-refractivity contribution in [1.82, 2.24) is 25.2 Å². The second-order valence-electron chi connectivity index (χ2n) is 7.76. The van der Waals surface area contributed by atoms with Crippen molar-refractivity contribution in [2.45, 2.75) is 19.9 Å². The van der Waals surface area contributed by atoms with Crippen LogP contribution in [0.3, 0.4) is 0 Å². The zero-order chi connectivity index (χ0) is 21.8. The smallest absolute Gasteiger partial charge is 0.251 e. The van der Waals surface area contributed by atoms with Gasteiger partial charge in [0.1, 0.15) is 5.15 Å². The van der Waals surface area contributed by atoms with Gasteiger partial charge in [0.05, 0.1) is 10.6 Å². The number of nitrogens with zero attached hydrogens (tertiary/aromatic N) is 5. The zero-order valence-electron chi connectivity index (χ0n) is 17.6. The van der Waals surface area contributed by atoms with Gasteiger partial charge in [0.2, 0.25) is 5.95 Å². The van der Waals surface area contributed by atoms with Gasteiger partial charge in [-0.25, -0.2) is 15.0 Å². The van der Waals surface area contributed by atoms with Crippen LogP contribution in [0.5, 0.6) is 0 Å². The molecule has 162 valence electrons. The average Bonchev–Trinajstić information content (AvgIpc) is 3.21. The number of rotatable bonds is 6. The number of halogens is 1. The predicted molar refractivity (Wildman–Crippen MR) is 125 cm³/mol. The summed E-state index contributed by atoms with van der Waals surface area (Å²) in [6, 6.07) is 7.30. The first-order valence-corrected chi connectivity index (χ1v) is 11.5. The predicted octanol–water partition coefficient (Wildman–Crippen LogP) is 3.50. The molecule has 31 heavy (non-hydrogen) atoms. The van der Waals surface area contributed by atoms with Crippen molar-refractivity contribution in [2.75, 3.05) is 37.6 Å². The highest BCUT2D eigenvalue weighted by Crippen LogP contribution is 2.27. The second-order valence-corrected chi connectivity index (χ2v) is 9.06. The van der Waals surface area contributed by atoms with Crippen LogP contribution in [0.4, 0.5) is 5.95 Å². The average molecular weight is 457 g/mol. The molecule has 1 aliphatic rings. The van der Waals surface area contributed by atoms with E-state index in [9.17, 15) is 4.79 Å². The summed E-state index contributed by atoms with van der Waals surface area (Å²) >= 11 is 7.79. The van der Waals surface area contributed by atoms with E-state index in [0.717, 1.165) is 49.2 Å². The van der Waals surface area contributed by atoms with Crippen LogP contribution in [-0.2, 0) is 0 Å². The van der Waals surface area contributed by atoms with Gasteiger partial charge in [-0.3, -0.25) is 9.69 Å². The third-order valence-electron chi connectivity index (χ3n) is 5.16. The Kier molecular flexibility index (Phi) is 6.80. The van der Waals surface area contributed by atoms with E-state index in [1.165, 1.54) is 5.56 Å². The molecule has 7 nitrogen and oxygen atoms in total. The number of nitrogens with one attached hydrogen (secondary N) is 1. The minimum atomic E-state index is -0.136. The van der Waals surface area contributed by atoms with Crippen LogP contribution in [0, 0.1) is 6.92 Å². The van der Waals surface area contributed by atoms with Gasteiger partial charge in [-0.15, -0.1) is 11.3 Å². The highest BCUT2D eigenvalue weighted by molar-refractivity contribution is 7.13. The molecular weight excluding hydrogens is 432 g/mol. The van der Waals surface area contributed by atoms with Crippen LogP contribution in [0.1, 0.15) is 22.8 Å². The van der Waals surface area contributed by atoms with Crippen molar-refractivity contribution < 1.29 is 4.79 Å². The number of pyridine rings is 1. The first-order chi connectivity index (χ1) is 15.0. The zero-order valence-corrected chi connectivity index (χ0v) is 19.2. The number of hydrogen-bond acceptors (Lipinski definition) is 7. The largest absolute Gasteiger partial charge is 0.348 e. The third-order valence-corrected chi connectivity index (χ3v) is 6.42. The van der Waals surface area contributed by atoms with Crippen LogP contribution in [0.2, 0.25) is 5.15 Å². The standard InChI is InChI=1S/C22H25ClN6OS/c1-15-10-19(31-14-15)18-11-17(12-20(23)27-18)21(30)26-16(2)13-28-6-8-29(9-7-28)22-24-4-3-5-25-22/h3-5,10-12,14,16H,6-9,13H2,1-2H3,(H,26,30). The molecule has 0 radical (unpaired) electrons. The molecule has 3 aromatic heterocycles. The molecule has 0 saturated carbocycles. The topological polar surface area (TPSA) is 74.2 Å². The Morgan fingerprint density at radius 1 is 1.19 bits per heavy atom. The van der Waals surface area contributed by atoms with Crippen molar-refractivity contribution in [3.63, 3.8) is 0 Å². The van der Waals surface area contributed by atoms with Crippen molar-refractivity contribution in [2.24, 2.45) is 0 Å². The van der Waals surface area contributed by atoms with E-state index >= 15 is 0 Å². The summed E-state index contributed by atoms with van der Waals surface area (Å²) in [6.45, 7) is 8.39.